The maximum Gasteiger partial charge on any atom is 0.483 e. The van der Waals surface area contributed by atoms with Crippen LogP contribution in [0.4, 0.5) is 18.0 Å². The summed E-state index contributed by atoms with van der Waals surface area (Å²) in [6, 6.07) is 5.50. The van der Waals surface area contributed by atoms with E-state index >= 15 is 0 Å². The van der Waals surface area contributed by atoms with Gasteiger partial charge in [-0.05, 0) is 68.6 Å². The molecule has 1 aromatic carbocycles. The first kappa shape index (κ1) is 25.3. The van der Waals surface area contributed by atoms with Gasteiger partial charge in [0.15, 0.2) is 15.6 Å². The van der Waals surface area contributed by atoms with Crippen molar-refractivity contribution in [1.82, 2.24) is 25.0 Å². The number of halogens is 3. The minimum atomic E-state index is -5.08. The van der Waals surface area contributed by atoms with Crippen LogP contribution in [0.25, 0.3) is 0 Å². The lowest BCUT2D eigenvalue weighted by molar-refractivity contribution is -0.100. The molecule has 5 fully saturated rings. The summed E-state index contributed by atoms with van der Waals surface area (Å²) in [6.07, 6.45) is 6.08. The van der Waals surface area contributed by atoms with E-state index in [0.717, 1.165) is 81.8 Å². The number of hydrogen-bond donors (Lipinski definition) is 3. The number of nitrogens with one attached hydrogen (secondary N) is 2. The Balaban J connectivity index is 0.842. The van der Waals surface area contributed by atoms with Gasteiger partial charge in [0.1, 0.15) is 11.4 Å². The molecule has 13 heteroatoms. The second kappa shape index (κ2) is 7.96. The largest absolute Gasteiger partial charge is 0.483 e. The SMILES string of the molecule is N=S(=O)(c1ccc(CC2CC3(C2)CN(C(=O)N2CC4(CC(c5nc(C6(O)CC6)n[nH]5)C4)C2)C3)cc1)C(F)(F)F. The summed E-state index contributed by atoms with van der Waals surface area (Å²) in [5.41, 5.74) is -4.70. The standard InChI is InChI=1S/C26H31F3N6O3S/c27-26(28,29)39(30,38)19-3-1-16(2-4-19)7-17-8-23(9-17)12-34(13-23)22(36)35-14-24(15-35)10-18(11-24)20-31-21(33-32-20)25(37)5-6-25/h1-4,17-18,30,37H,5-15H2,(H,31,32,33). The van der Waals surface area contributed by atoms with Crippen molar-refractivity contribution in [3.05, 3.63) is 41.5 Å². The van der Waals surface area contributed by atoms with Gasteiger partial charge < -0.3 is 14.9 Å². The summed E-state index contributed by atoms with van der Waals surface area (Å²) in [4.78, 5) is 20.8. The molecule has 5 aliphatic rings. The van der Waals surface area contributed by atoms with Crippen molar-refractivity contribution in [2.45, 2.75) is 66.9 Å². The van der Waals surface area contributed by atoms with Crippen molar-refractivity contribution < 1.29 is 27.3 Å². The Bertz CT molecular complexity index is 1410. The van der Waals surface area contributed by atoms with Crippen LogP contribution >= 0.6 is 0 Å². The summed E-state index contributed by atoms with van der Waals surface area (Å²) in [7, 11) is -4.83. The lowest BCUT2D eigenvalue weighted by atomic mass is 9.56. The lowest BCUT2D eigenvalue weighted by Crippen LogP contribution is -2.70. The van der Waals surface area contributed by atoms with Crippen LogP contribution in [-0.2, 0) is 21.8 Å². The van der Waals surface area contributed by atoms with Gasteiger partial charge in [-0.2, -0.15) is 18.3 Å². The van der Waals surface area contributed by atoms with Gasteiger partial charge in [-0.3, -0.25) is 5.10 Å². The summed E-state index contributed by atoms with van der Waals surface area (Å²) in [6.45, 7) is 3.05. The molecule has 0 bridgehead atoms. The summed E-state index contributed by atoms with van der Waals surface area (Å²) in [5.74, 6) is 2.07. The fraction of sp³-hybridized carbons (Fsp3) is 0.654. The molecule has 3 aliphatic carbocycles. The highest BCUT2D eigenvalue weighted by molar-refractivity contribution is 7.93. The molecule has 3 saturated carbocycles. The van der Waals surface area contributed by atoms with E-state index in [-0.39, 0.29) is 16.9 Å². The molecule has 2 aliphatic heterocycles. The van der Waals surface area contributed by atoms with E-state index in [1.807, 2.05) is 9.80 Å². The normalized spacial score (nSPS) is 26.4. The fourth-order valence-electron chi connectivity index (χ4n) is 7.29. The number of aromatic nitrogens is 3. The number of aliphatic hydroxyl groups is 1. The Kier molecular flexibility index (Phi) is 5.16. The van der Waals surface area contributed by atoms with Crippen molar-refractivity contribution in [2.24, 2.45) is 16.7 Å². The molecule has 2 amide bonds. The van der Waals surface area contributed by atoms with Crippen LogP contribution in [0.5, 0.6) is 0 Å². The van der Waals surface area contributed by atoms with Gasteiger partial charge in [0.25, 0.3) is 0 Å². The molecule has 210 valence electrons. The third-order valence-electron chi connectivity index (χ3n) is 9.58. The molecule has 2 aromatic rings. The van der Waals surface area contributed by atoms with Crippen LogP contribution in [0.3, 0.4) is 0 Å². The molecule has 2 saturated heterocycles. The average Bonchev–Trinajstić information content (AvgIpc) is 3.32. The van der Waals surface area contributed by atoms with Crippen molar-refractivity contribution >= 4 is 15.8 Å². The van der Waals surface area contributed by atoms with Gasteiger partial charge in [-0.25, -0.2) is 18.8 Å². The highest BCUT2D eigenvalue weighted by Crippen LogP contribution is 2.57. The van der Waals surface area contributed by atoms with E-state index in [1.165, 1.54) is 0 Å². The zero-order valence-corrected chi connectivity index (χ0v) is 22.2. The van der Waals surface area contributed by atoms with Crippen LogP contribution in [0, 0.1) is 21.5 Å². The van der Waals surface area contributed by atoms with Gasteiger partial charge in [-0.15, -0.1) is 0 Å². The number of H-pyrrole nitrogens is 1. The molecule has 1 atom stereocenters. The zero-order valence-electron chi connectivity index (χ0n) is 21.3. The van der Waals surface area contributed by atoms with Crippen LogP contribution in [0.15, 0.2) is 29.2 Å². The first-order chi connectivity index (χ1) is 18.3. The third-order valence-corrected chi connectivity index (χ3v) is 11.2. The Morgan fingerprint density at radius 2 is 1.62 bits per heavy atom. The van der Waals surface area contributed by atoms with E-state index < -0.39 is 25.7 Å². The first-order valence-corrected chi connectivity index (χ1v) is 15.0. The molecule has 2 spiro atoms. The monoisotopic (exact) mass is 564 g/mol. The Morgan fingerprint density at radius 1 is 1.05 bits per heavy atom. The number of hydrogen-bond acceptors (Lipinski definition) is 6. The summed E-state index contributed by atoms with van der Waals surface area (Å²) >= 11 is 0. The highest BCUT2D eigenvalue weighted by Gasteiger charge is 2.59. The molecule has 3 N–H and O–H groups in total. The number of rotatable bonds is 5. The first-order valence-electron chi connectivity index (χ1n) is 13.4. The van der Waals surface area contributed by atoms with Gasteiger partial charge >= 0.3 is 11.5 Å². The van der Waals surface area contributed by atoms with Crippen LogP contribution in [-0.4, -0.2) is 72.0 Å². The van der Waals surface area contributed by atoms with Crippen molar-refractivity contribution in [3.63, 3.8) is 0 Å². The number of nitrogens with zero attached hydrogens (tertiary/aromatic N) is 4. The number of benzene rings is 1. The van der Waals surface area contributed by atoms with Gasteiger partial charge in [-0.1, -0.05) is 12.1 Å². The van der Waals surface area contributed by atoms with E-state index in [2.05, 4.69) is 15.2 Å². The van der Waals surface area contributed by atoms with Gasteiger partial charge in [0.05, 0.1) is 4.90 Å². The van der Waals surface area contributed by atoms with Crippen molar-refractivity contribution in [2.75, 3.05) is 26.2 Å². The maximum atomic E-state index is 13.0. The number of amides is 2. The molecule has 39 heavy (non-hydrogen) atoms. The van der Waals surface area contributed by atoms with E-state index in [9.17, 15) is 27.3 Å². The van der Waals surface area contributed by atoms with Gasteiger partial charge in [0.2, 0.25) is 0 Å². The second-order valence-electron chi connectivity index (χ2n) is 12.8. The van der Waals surface area contributed by atoms with Crippen molar-refractivity contribution in [1.29, 1.82) is 4.78 Å². The molecular weight excluding hydrogens is 533 g/mol. The molecule has 3 heterocycles. The minimum absolute atomic E-state index is 0.107. The number of urea groups is 1. The molecule has 7 rings (SSSR count). The van der Waals surface area contributed by atoms with Crippen LogP contribution in [0.2, 0.25) is 0 Å². The number of aromatic amines is 1. The lowest BCUT2D eigenvalue weighted by Gasteiger charge is -2.63. The Labute approximate surface area is 224 Å². The zero-order chi connectivity index (χ0) is 27.4. The van der Waals surface area contributed by atoms with Crippen LogP contribution < -0.4 is 0 Å². The predicted octanol–water partition coefficient (Wildman–Crippen LogP) is 3.97. The van der Waals surface area contributed by atoms with E-state index in [1.54, 1.807) is 12.1 Å². The molecule has 1 aromatic heterocycles. The van der Waals surface area contributed by atoms with E-state index in [4.69, 9.17) is 4.78 Å². The Morgan fingerprint density at radius 3 is 2.15 bits per heavy atom. The smallest absolute Gasteiger partial charge is 0.382 e. The second-order valence-corrected chi connectivity index (χ2v) is 14.8. The van der Waals surface area contributed by atoms with Crippen molar-refractivity contribution in [3.8, 4) is 0 Å². The van der Waals surface area contributed by atoms with Crippen LogP contribution in [0.1, 0.15) is 61.7 Å². The molecule has 9 nitrogen and oxygen atoms in total. The number of alkyl halides is 3. The number of carbonyl (C=O) groups is 1. The summed E-state index contributed by atoms with van der Waals surface area (Å²) in [5, 5.41) is 17.4. The molecule has 1 unspecified atom stereocenters. The highest BCUT2D eigenvalue weighted by atomic mass is 32.2. The predicted molar refractivity (Wildman–Crippen MR) is 133 cm³/mol. The fourth-order valence-corrected chi connectivity index (χ4v) is 8.08. The average molecular weight is 565 g/mol. The topological polar surface area (TPSA) is 126 Å². The number of carbonyl (C=O) groups excluding carboxylic acids is 1. The van der Waals surface area contributed by atoms with E-state index in [0.29, 0.717) is 30.5 Å². The quantitative estimate of drug-likeness (QED) is 0.507. The number of likely N-dealkylation sites (tertiary alicyclic amines) is 2. The van der Waals surface area contributed by atoms with Gasteiger partial charge in [0, 0.05) is 42.9 Å². The molecule has 0 radical (unpaired) electrons. The molecular formula is C26H31F3N6O3S. The third kappa shape index (κ3) is 4.06. The Hall–Kier alpha value is -2.67. The maximum absolute atomic E-state index is 13.0. The summed E-state index contributed by atoms with van der Waals surface area (Å²) < 4.78 is 57.5. The minimum Gasteiger partial charge on any atom is -0.382 e.